The number of halogens is 1. The van der Waals surface area contributed by atoms with Crippen molar-refractivity contribution >= 4 is 34.7 Å². The number of hydrogen-bond acceptors (Lipinski definition) is 4. The minimum Gasteiger partial charge on any atom is -0.496 e. The highest BCUT2D eigenvalue weighted by Gasteiger charge is 2.39. The number of hydrogen-bond donors (Lipinski definition) is 1. The monoisotopic (exact) mass is 460 g/mol. The van der Waals surface area contributed by atoms with E-state index in [2.05, 4.69) is 19.2 Å². The van der Waals surface area contributed by atoms with Crippen LogP contribution in [0.15, 0.2) is 78.5 Å². The van der Waals surface area contributed by atoms with Crippen LogP contribution in [0.25, 0.3) is 5.57 Å². The van der Waals surface area contributed by atoms with Gasteiger partial charge < -0.3 is 10.1 Å². The molecule has 6 heteroatoms. The third kappa shape index (κ3) is 4.64. The summed E-state index contributed by atoms with van der Waals surface area (Å²) in [5, 5.41) is 3.75. The summed E-state index contributed by atoms with van der Waals surface area (Å²) < 4.78 is 5.41. The predicted octanol–water partition coefficient (Wildman–Crippen LogP) is 5.86. The van der Waals surface area contributed by atoms with E-state index in [4.69, 9.17) is 16.3 Å². The van der Waals surface area contributed by atoms with E-state index in [0.29, 0.717) is 27.8 Å². The Hall–Kier alpha value is -3.57. The Bertz CT molecular complexity index is 1210. The molecule has 0 aromatic heterocycles. The van der Waals surface area contributed by atoms with Gasteiger partial charge >= 0.3 is 0 Å². The maximum absolute atomic E-state index is 13.5. The largest absolute Gasteiger partial charge is 0.496 e. The van der Waals surface area contributed by atoms with Gasteiger partial charge in [-0.15, -0.1) is 0 Å². The van der Waals surface area contributed by atoms with E-state index >= 15 is 0 Å². The normalized spacial score (nSPS) is 13.8. The zero-order valence-corrected chi connectivity index (χ0v) is 19.5. The Morgan fingerprint density at radius 1 is 0.909 bits per heavy atom. The van der Waals surface area contributed by atoms with Crippen molar-refractivity contribution in [3.63, 3.8) is 0 Å². The Balaban J connectivity index is 1.72. The van der Waals surface area contributed by atoms with Gasteiger partial charge in [-0.05, 0) is 47.4 Å². The first-order chi connectivity index (χ1) is 15.9. The maximum Gasteiger partial charge on any atom is 0.278 e. The Morgan fingerprint density at radius 3 is 2.21 bits per heavy atom. The van der Waals surface area contributed by atoms with Crippen molar-refractivity contribution in [3.8, 4) is 5.75 Å². The van der Waals surface area contributed by atoms with Crippen LogP contribution in [-0.2, 0) is 16.1 Å². The molecule has 0 fully saturated rings. The number of carbonyl (C=O) groups is 2. The summed E-state index contributed by atoms with van der Waals surface area (Å²) >= 11 is 6.05. The van der Waals surface area contributed by atoms with Crippen molar-refractivity contribution in [2.75, 3.05) is 12.4 Å². The number of nitrogens with one attached hydrogen (secondary N) is 1. The first-order valence-electron chi connectivity index (χ1n) is 10.7. The number of nitrogens with zero attached hydrogens (tertiary/aromatic N) is 1. The minimum atomic E-state index is -0.385. The molecule has 3 aromatic carbocycles. The van der Waals surface area contributed by atoms with E-state index in [1.807, 2.05) is 48.5 Å². The van der Waals surface area contributed by atoms with E-state index in [9.17, 15) is 9.59 Å². The average molecular weight is 461 g/mol. The van der Waals surface area contributed by atoms with Gasteiger partial charge in [0, 0.05) is 16.3 Å². The summed E-state index contributed by atoms with van der Waals surface area (Å²) in [5.41, 5.74) is 3.87. The van der Waals surface area contributed by atoms with E-state index in [1.165, 1.54) is 10.5 Å². The minimum absolute atomic E-state index is 0.107. The lowest BCUT2D eigenvalue weighted by molar-refractivity contribution is -0.137. The topological polar surface area (TPSA) is 58.6 Å². The molecule has 1 aliphatic heterocycles. The fraction of sp³-hybridized carbons (Fsp3) is 0.185. The molecule has 0 aliphatic carbocycles. The Morgan fingerprint density at radius 2 is 1.58 bits per heavy atom. The third-order valence-electron chi connectivity index (χ3n) is 5.67. The fourth-order valence-corrected chi connectivity index (χ4v) is 3.95. The molecule has 3 aromatic rings. The van der Waals surface area contributed by atoms with Gasteiger partial charge in [0.25, 0.3) is 11.8 Å². The third-order valence-corrected chi connectivity index (χ3v) is 5.92. The standard InChI is InChI=1S/C27H25ClN2O3/c1-17(2)18-10-14-22(15-11-18)29-25-24(19-8-12-21(28)13-9-19)26(31)30(27(25)32)16-20-6-4-5-7-23(20)33-3/h4-15,17,29H,16H2,1-3H3. The van der Waals surface area contributed by atoms with Crippen LogP contribution in [-0.4, -0.2) is 23.8 Å². The van der Waals surface area contributed by atoms with E-state index in [1.54, 1.807) is 31.4 Å². The highest BCUT2D eigenvalue weighted by molar-refractivity contribution is 6.36. The number of carbonyl (C=O) groups excluding carboxylic acids is 2. The second-order valence-electron chi connectivity index (χ2n) is 8.17. The SMILES string of the molecule is COc1ccccc1CN1C(=O)C(Nc2ccc(C(C)C)cc2)=C(c2ccc(Cl)cc2)C1=O. The molecule has 0 atom stereocenters. The van der Waals surface area contributed by atoms with Crippen LogP contribution in [0.1, 0.15) is 36.5 Å². The molecule has 1 aliphatic rings. The summed E-state index contributed by atoms with van der Waals surface area (Å²) in [4.78, 5) is 28.2. The smallest absolute Gasteiger partial charge is 0.278 e. The molecule has 2 amide bonds. The van der Waals surface area contributed by atoms with Crippen molar-refractivity contribution in [1.29, 1.82) is 0 Å². The lowest BCUT2D eigenvalue weighted by atomic mass is 10.0. The van der Waals surface area contributed by atoms with Gasteiger partial charge in [0.2, 0.25) is 0 Å². The molecule has 1 N–H and O–H groups in total. The van der Waals surface area contributed by atoms with Crippen LogP contribution in [0.4, 0.5) is 5.69 Å². The summed E-state index contributed by atoms with van der Waals surface area (Å²) in [5.74, 6) is 0.268. The molecular weight excluding hydrogens is 436 g/mol. The summed E-state index contributed by atoms with van der Waals surface area (Å²) in [7, 11) is 1.57. The molecule has 0 spiro atoms. The molecule has 33 heavy (non-hydrogen) atoms. The predicted molar refractivity (Wildman–Crippen MR) is 131 cm³/mol. The van der Waals surface area contributed by atoms with Gasteiger partial charge in [-0.3, -0.25) is 14.5 Å². The number of rotatable bonds is 7. The zero-order valence-electron chi connectivity index (χ0n) is 18.8. The highest BCUT2D eigenvalue weighted by atomic mass is 35.5. The Labute approximate surface area is 198 Å². The highest BCUT2D eigenvalue weighted by Crippen LogP contribution is 2.33. The van der Waals surface area contributed by atoms with Gasteiger partial charge in [-0.2, -0.15) is 0 Å². The van der Waals surface area contributed by atoms with Crippen LogP contribution in [0.5, 0.6) is 5.75 Å². The fourth-order valence-electron chi connectivity index (χ4n) is 3.82. The van der Waals surface area contributed by atoms with Crippen molar-refractivity contribution in [2.45, 2.75) is 26.3 Å². The van der Waals surface area contributed by atoms with E-state index in [0.717, 1.165) is 11.3 Å². The first-order valence-corrected chi connectivity index (χ1v) is 11.1. The molecule has 168 valence electrons. The van der Waals surface area contributed by atoms with Gasteiger partial charge in [0.05, 0.1) is 19.2 Å². The van der Waals surface area contributed by atoms with Crippen molar-refractivity contribution in [3.05, 3.63) is 100 Å². The summed E-state index contributed by atoms with van der Waals surface area (Å²) in [6.07, 6.45) is 0. The van der Waals surface area contributed by atoms with Crippen LogP contribution >= 0.6 is 11.6 Å². The summed E-state index contributed by atoms with van der Waals surface area (Å²) in [6, 6.07) is 22.1. The molecule has 0 bridgehead atoms. The van der Waals surface area contributed by atoms with Crippen LogP contribution in [0.3, 0.4) is 0 Å². The molecule has 0 saturated carbocycles. The molecule has 1 heterocycles. The Kier molecular flexibility index (Phi) is 6.52. The van der Waals surface area contributed by atoms with Gasteiger partial charge in [-0.25, -0.2) is 0 Å². The number of benzene rings is 3. The number of amides is 2. The maximum atomic E-state index is 13.5. The molecule has 0 radical (unpaired) electrons. The number of para-hydroxylation sites is 1. The van der Waals surface area contributed by atoms with Crippen molar-refractivity contribution < 1.29 is 14.3 Å². The second kappa shape index (κ2) is 9.51. The van der Waals surface area contributed by atoms with E-state index < -0.39 is 0 Å². The van der Waals surface area contributed by atoms with E-state index in [-0.39, 0.29) is 24.1 Å². The first kappa shape index (κ1) is 22.6. The number of imide groups is 1. The van der Waals surface area contributed by atoms with Gasteiger partial charge in [-0.1, -0.05) is 67.9 Å². The molecule has 4 rings (SSSR count). The van der Waals surface area contributed by atoms with Gasteiger partial charge in [0.15, 0.2) is 0 Å². The quantitative estimate of drug-likeness (QED) is 0.448. The number of anilines is 1. The lowest BCUT2D eigenvalue weighted by Gasteiger charge is -2.17. The molecule has 5 nitrogen and oxygen atoms in total. The number of methoxy groups -OCH3 is 1. The van der Waals surface area contributed by atoms with Crippen LogP contribution < -0.4 is 10.1 Å². The number of ether oxygens (including phenoxy) is 1. The van der Waals surface area contributed by atoms with Crippen molar-refractivity contribution in [2.24, 2.45) is 0 Å². The zero-order chi connectivity index (χ0) is 23.5. The molecule has 0 unspecified atom stereocenters. The lowest BCUT2D eigenvalue weighted by Crippen LogP contribution is -2.32. The van der Waals surface area contributed by atoms with Crippen LogP contribution in [0, 0.1) is 0 Å². The van der Waals surface area contributed by atoms with Crippen molar-refractivity contribution in [1.82, 2.24) is 4.90 Å². The van der Waals surface area contributed by atoms with Gasteiger partial charge in [0.1, 0.15) is 11.4 Å². The molecular formula is C27H25ClN2O3. The second-order valence-corrected chi connectivity index (χ2v) is 8.60. The average Bonchev–Trinajstić information content (AvgIpc) is 3.04. The molecule has 0 saturated heterocycles. The summed E-state index contributed by atoms with van der Waals surface area (Å²) in [6.45, 7) is 4.35. The van der Waals surface area contributed by atoms with Crippen LogP contribution in [0.2, 0.25) is 5.02 Å².